The first-order valence-electron chi connectivity index (χ1n) is 45.1. The summed E-state index contributed by atoms with van der Waals surface area (Å²) in [7, 11) is 3.98. The standard InChI is InChI=1S/C92H128N20O21S/c1-9-11-24-73-86(127)103-67(39-52(3)4)84(125)107-72(82(123)99-48-77(95)117)50-134-51-78(118)100-69(40-54-27-29-59(114)30-28-54)88(129)108(6)53(5)80(121)105-71(45-76(94)116)91(132)112-36-18-26-74(112)87(128)104-68(44-58-19-17-35-96-58)85(126)102-66(31-32-79(119)120)90(131)111(37-38-113)49-60(115)42-55(41-56-46-97-63-22-15-13-20-61(56)63)81(122)101-65(33-34-93)83(124)106-70(43-57-47-98-64-23-16-14-21-62(57)64)89(130)110(8)75(25-12-10-2)92(133)109(73)7/h13-17,19-23,27-30,35,46-47,52-53,55,65-75,96-98,113-114H,9-12,18,24-26,31-34,36-45,48-51,93H2,1-8H3,(H2,94,116)(H2,95,117)(H,99,123)(H,100,118)(H,101,122)(H,102,126)(H,103,127)(H,104,128)(H,105,121)(H,106,124)(H,107,125)(H,119,120)/t53-,55+,65-,66-,67-,68-,69-,70-,71-,72-,73-,74-,75-/m0/s1. The van der Waals surface area contributed by atoms with Crippen LogP contribution in [0.2, 0.25) is 0 Å². The van der Waals surface area contributed by atoms with Gasteiger partial charge in [-0.3, -0.25) is 86.3 Å². The van der Waals surface area contributed by atoms with Crippen molar-refractivity contribution >= 4 is 140 Å². The molecular formula is C92H128N20O21S. The summed E-state index contributed by atoms with van der Waals surface area (Å²) in [6.45, 7) is 5.20. The number of rotatable bonds is 28. The number of ketones is 1. The number of unbranched alkanes of at least 4 members (excludes halogenated alkanes) is 2. The molecule has 5 heterocycles. The van der Waals surface area contributed by atoms with E-state index < -0.39 is 248 Å². The Labute approximate surface area is 780 Å². The maximum atomic E-state index is 15.8. The van der Waals surface area contributed by atoms with E-state index in [1.54, 1.807) is 86.9 Å². The number of hydrogen-bond donors (Lipinski definition) is 18. The first-order valence-corrected chi connectivity index (χ1v) is 46.3. The van der Waals surface area contributed by atoms with Crippen LogP contribution in [-0.4, -0.2) is 306 Å². The van der Waals surface area contributed by atoms with Gasteiger partial charge in [0.15, 0.2) is 5.78 Å². The summed E-state index contributed by atoms with van der Waals surface area (Å²) >= 11 is 0.791. The maximum absolute atomic E-state index is 15.8. The Balaban J connectivity index is 1.20. The van der Waals surface area contributed by atoms with Gasteiger partial charge in [-0.1, -0.05) is 102 Å². The number of β-amino-alcohol motifs (C(OH)–C–C–N with tert-alkyl or cyclic N) is 1. The second-order valence-electron chi connectivity index (χ2n) is 34.4. The van der Waals surface area contributed by atoms with E-state index in [0.29, 0.717) is 69.9 Å². The molecule has 2 fully saturated rings. The van der Waals surface area contributed by atoms with Crippen molar-refractivity contribution in [2.75, 3.05) is 72.0 Å². The number of amides is 16. The van der Waals surface area contributed by atoms with Gasteiger partial charge in [0.2, 0.25) is 94.5 Å². The average molecular weight is 1880 g/mol. The molecule has 2 aliphatic rings. The monoisotopic (exact) mass is 1880 g/mol. The van der Waals surface area contributed by atoms with Crippen LogP contribution >= 0.6 is 11.8 Å². The predicted octanol–water partition coefficient (Wildman–Crippen LogP) is -0.416. The summed E-state index contributed by atoms with van der Waals surface area (Å²) in [5.74, 6) is -19.8. The van der Waals surface area contributed by atoms with Crippen LogP contribution in [0.15, 0.2) is 104 Å². The number of aliphatic hydroxyl groups is 1. The molecule has 2 aliphatic heterocycles. The molecule has 0 bridgehead atoms. The number of aromatic nitrogens is 3. The smallest absolute Gasteiger partial charge is 0.303 e. The molecular weight excluding hydrogens is 1750 g/mol. The van der Waals surface area contributed by atoms with Crippen LogP contribution in [0, 0.1) is 11.8 Å². The fourth-order valence-electron chi connectivity index (χ4n) is 16.4. The molecule has 3 aromatic heterocycles. The van der Waals surface area contributed by atoms with Crippen LogP contribution in [0.3, 0.4) is 0 Å². The van der Waals surface area contributed by atoms with Gasteiger partial charge in [0.1, 0.15) is 78.3 Å². The van der Waals surface area contributed by atoms with Crippen molar-refractivity contribution < 1.29 is 102 Å². The SMILES string of the molecule is CCCC[C@H]1C(=O)N(C)[C@@H](CCCC)C(=O)N[C@@H](CC(C)C)C(=O)N[C@H](C(=O)NCC(N)=O)CSCC(=O)N[C@@H](Cc2ccc(O)cc2)C(=O)N(C)[C@@H](C)C(=O)N[C@@H](CC(N)=O)C(=O)N2CCC[C@H]2C(=O)N[C@@H](Cc2ccc[nH]2)C(=O)N[C@@H](CCC(=O)O)C(=O)N(CCO)CC(=O)C[C@@H](Cc2c[nH]c3ccccc23)C(=O)N[C@@H](CCN)C(=O)N[C@@H](Cc2c[nH]c3ccccc23)C(=O)N1C. The number of nitrogens with two attached hydrogens (primary N) is 3. The second-order valence-corrected chi connectivity index (χ2v) is 35.4. The lowest BCUT2D eigenvalue weighted by Crippen LogP contribution is -2.60. The molecule has 0 aliphatic carbocycles. The Kier molecular flexibility index (Phi) is 40.9. The number of Topliss-reactive ketones (excluding diaryl/α,β-unsaturated/α-hetero) is 1. The molecule has 13 atom stereocenters. The number of aliphatic hydroxyl groups excluding tert-OH is 1. The van der Waals surface area contributed by atoms with E-state index in [0.717, 1.165) is 26.5 Å². The van der Waals surface area contributed by atoms with E-state index in [2.05, 4.69) is 62.8 Å². The van der Waals surface area contributed by atoms with E-state index >= 15 is 28.8 Å². The van der Waals surface area contributed by atoms with Crippen molar-refractivity contribution in [2.45, 2.75) is 223 Å². The minimum absolute atomic E-state index is 0.0309. The van der Waals surface area contributed by atoms with Gasteiger partial charge in [0, 0.05) is 124 Å². The van der Waals surface area contributed by atoms with Gasteiger partial charge in [-0.25, -0.2) is 0 Å². The summed E-state index contributed by atoms with van der Waals surface area (Å²) in [6.07, 6.45) is 2.53. The zero-order valence-corrected chi connectivity index (χ0v) is 77.7. The highest BCUT2D eigenvalue weighted by Crippen LogP contribution is 2.28. The third-order valence-electron chi connectivity index (χ3n) is 23.8. The second kappa shape index (κ2) is 51.7. The number of carboxylic acid groups (broad SMARTS) is 1. The van der Waals surface area contributed by atoms with Gasteiger partial charge in [0.05, 0.1) is 31.9 Å². The van der Waals surface area contributed by atoms with Crippen LogP contribution in [0.4, 0.5) is 0 Å². The Bertz CT molecular complexity index is 5120. The van der Waals surface area contributed by atoms with E-state index in [1.165, 1.54) is 68.3 Å². The number of carbonyl (C=O) groups is 18. The van der Waals surface area contributed by atoms with Crippen LogP contribution in [-0.2, 0) is 112 Å². The van der Waals surface area contributed by atoms with Crippen molar-refractivity contribution in [2.24, 2.45) is 29.0 Å². The summed E-state index contributed by atoms with van der Waals surface area (Å²) in [6, 6.07) is 4.55. The lowest BCUT2D eigenvalue weighted by Gasteiger charge is -2.36. The maximum Gasteiger partial charge on any atom is 0.303 e. The molecule has 0 unspecified atom stereocenters. The number of aromatic hydroxyl groups is 1. The van der Waals surface area contributed by atoms with Crippen LogP contribution in [0.25, 0.3) is 21.8 Å². The lowest BCUT2D eigenvalue weighted by molar-refractivity contribution is -0.149. The number of aliphatic carboxylic acids is 1. The molecule has 2 saturated heterocycles. The molecule has 0 saturated carbocycles. The van der Waals surface area contributed by atoms with Gasteiger partial charge in [0.25, 0.3) is 0 Å². The van der Waals surface area contributed by atoms with Crippen molar-refractivity contribution in [3.8, 4) is 5.75 Å². The molecule has 728 valence electrons. The number of benzene rings is 3. The number of nitrogens with one attached hydrogen (secondary N) is 12. The first-order chi connectivity index (χ1) is 63.8. The molecule has 42 heteroatoms. The van der Waals surface area contributed by atoms with Gasteiger partial charge < -0.3 is 120 Å². The van der Waals surface area contributed by atoms with Crippen molar-refractivity contribution in [3.05, 3.63) is 126 Å². The third kappa shape index (κ3) is 30.7. The number of nitrogens with zero attached hydrogens (tertiary/aromatic N) is 5. The van der Waals surface area contributed by atoms with Gasteiger partial charge in [-0.2, -0.15) is 0 Å². The van der Waals surface area contributed by atoms with E-state index in [1.807, 2.05) is 13.8 Å². The van der Waals surface area contributed by atoms with E-state index in [-0.39, 0.29) is 89.0 Å². The molecule has 0 radical (unpaired) electrons. The number of phenols is 1. The Morgan fingerprint density at radius 1 is 0.560 bits per heavy atom. The molecule has 8 rings (SSSR count). The third-order valence-corrected chi connectivity index (χ3v) is 24.8. The fraction of sp³-hybridized carbons (Fsp3) is 0.522. The molecule has 6 aromatic rings. The number of carbonyl (C=O) groups excluding carboxylic acids is 17. The topological polar surface area (TPSA) is 618 Å². The highest BCUT2D eigenvalue weighted by atomic mass is 32.2. The van der Waals surface area contributed by atoms with Gasteiger partial charge in [-0.15, -0.1) is 11.8 Å². The number of H-pyrrole nitrogens is 3. The van der Waals surface area contributed by atoms with Gasteiger partial charge in [-0.05, 0) is 124 Å². The summed E-state index contributed by atoms with van der Waals surface area (Å²) in [5, 5.41) is 56.1. The lowest BCUT2D eigenvalue weighted by atomic mass is 9.92. The van der Waals surface area contributed by atoms with Crippen molar-refractivity contribution in [1.82, 2.24) is 87.3 Å². The number of para-hydroxylation sites is 2. The number of hydrogen-bond acceptors (Lipinski definition) is 22. The Hall–Kier alpha value is -13.3. The van der Waals surface area contributed by atoms with Crippen LogP contribution in [0.5, 0.6) is 5.75 Å². The average Bonchev–Trinajstić information content (AvgIpc) is 1.27. The molecule has 0 spiro atoms. The summed E-state index contributed by atoms with van der Waals surface area (Å²) in [4.78, 5) is 277. The summed E-state index contributed by atoms with van der Waals surface area (Å²) in [5.41, 5.74) is 20.6. The Morgan fingerprint density at radius 2 is 1.13 bits per heavy atom. The highest BCUT2D eigenvalue weighted by molar-refractivity contribution is 8.00. The molecule has 41 nitrogen and oxygen atoms in total. The number of aromatic amines is 3. The normalized spacial score (nSPS) is 23.4. The number of fused-ring (bicyclic) bond motifs is 3. The van der Waals surface area contributed by atoms with E-state index in [4.69, 9.17) is 17.2 Å². The number of likely N-dealkylation sites (N-methyl/N-ethyl adjacent to an activating group) is 3. The van der Waals surface area contributed by atoms with Crippen molar-refractivity contribution in [3.63, 3.8) is 0 Å². The predicted molar refractivity (Wildman–Crippen MR) is 495 cm³/mol. The minimum Gasteiger partial charge on any atom is -0.508 e. The first kappa shape index (κ1) is 106. The number of thioether (sulfide) groups is 1. The zero-order chi connectivity index (χ0) is 98.2. The number of phenolic OH excluding ortho intramolecular Hbond substituents is 1. The molecule has 16 amide bonds. The Morgan fingerprint density at radius 3 is 1.74 bits per heavy atom. The van der Waals surface area contributed by atoms with Gasteiger partial charge >= 0.3 is 5.97 Å². The number of carboxylic acids is 1. The van der Waals surface area contributed by atoms with E-state index in [9.17, 15) is 72.9 Å². The number of primary amides is 2. The zero-order valence-electron chi connectivity index (χ0n) is 76.8. The summed E-state index contributed by atoms with van der Waals surface area (Å²) < 4.78 is 0. The van der Waals surface area contributed by atoms with Crippen molar-refractivity contribution in [1.29, 1.82) is 0 Å². The van der Waals surface area contributed by atoms with Crippen LogP contribution in [0.1, 0.15) is 147 Å². The quantitative estimate of drug-likeness (QED) is 0.0297. The molecule has 21 N–H and O–H groups in total. The largest absolute Gasteiger partial charge is 0.508 e. The fourth-order valence-corrected chi connectivity index (χ4v) is 17.2. The highest BCUT2D eigenvalue weighted by Gasteiger charge is 2.44. The molecule has 134 heavy (non-hydrogen) atoms. The van der Waals surface area contributed by atoms with Crippen LogP contribution < -0.4 is 65.1 Å². The minimum atomic E-state index is -1.80. The molecule has 3 aromatic carbocycles.